The number of esters is 1. The molecule has 0 spiro atoms. The van der Waals surface area contributed by atoms with Crippen LogP contribution < -0.4 is 10.2 Å². The molecule has 0 saturated carbocycles. The molecule has 0 unspecified atom stereocenters. The molecular formula is C25H18N4O5. The number of nitrogens with one attached hydrogen (secondary N) is 1. The average molecular weight is 454 g/mol. The molecular weight excluding hydrogens is 436 g/mol. The van der Waals surface area contributed by atoms with Gasteiger partial charge in [-0.15, -0.1) is 0 Å². The lowest BCUT2D eigenvalue weighted by Crippen LogP contribution is -2.19. The van der Waals surface area contributed by atoms with E-state index in [9.17, 15) is 19.7 Å². The van der Waals surface area contributed by atoms with Gasteiger partial charge < -0.3 is 9.30 Å². The second kappa shape index (κ2) is 10.0. The third-order valence-electron chi connectivity index (χ3n) is 4.79. The topological polar surface area (TPSA) is 116 Å². The molecule has 4 aromatic rings. The fourth-order valence-corrected chi connectivity index (χ4v) is 3.15. The fraction of sp³-hybridized carbons (Fsp3) is 0. The molecule has 0 bridgehead atoms. The van der Waals surface area contributed by atoms with E-state index in [4.69, 9.17) is 4.74 Å². The van der Waals surface area contributed by atoms with Gasteiger partial charge in [0.2, 0.25) is 0 Å². The molecule has 0 radical (unpaired) electrons. The number of amides is 1. The fourth-order valence-electron chi connectivity index (χ4n) is 3.15. The van der Waals surface area contributed by atoms with Crippen LogP contribution in [0.2, 0.25) is 0 Å². The molecule has 1 N–H and O–H groups in total. The SMILES string of the molecule is O=C(Oc1ccc(C=NNC(=O)c2ccccc2-n2cccc2)cc1)c1cccc([N+](=O)[O-])c1. The minimum Gasteiger partial charge on any atom is -0.423 e. The number of hydrazone groups is 1. The van der Waals surface area contributed by atoms with Crippen LogP contribution in [0.4, 0.5) is 5.69 Å². The minimum atomic E-state index is -0.710. The zero-order valence-corrected chi connectivity index (χ0v) is 17.7. The lowest BCUT2D eigenvalue weighted by molar-refractivity contribution is -0.384. The van der Waals surface area contributed by atoms with Crippen molar-refractivity contribution in [3.05, 3.63) is 124 Å². The van der Waals surface area contributed by atoms with E-state index in [-0.39, 0.29) is 22.9 Å². The summed E-state index contributed by atoms with van der Waals surface area (Å²) in [5.74, 6) is -0.805. The highest BCUT2D eigenvalue weighted by Gasteiger charge is 2.14. The summed E-state index contributed by atoms with van der Waals surface area (Å²) in [6.45, 7) is 0. The van der Waals surface area contributed by atoms with Crippen LogP contribution in [0.5, 0.6) is 5.75 Å². The number of non-ortho nitro benzene ring substituents is 1. The molecule has 0 saturated heterocycles. The Balaban J connectivity index is 1.37. The molecule has 0 fully saturated rings. The van der Waals surface area contributed by atoms with E-state index in [0.717, 1.165) is 11.8 Å². The van der Waals surface area contributed by atoms with E-state index in [1.54, 1.807) is 36.4 Å². The molecule has 0 atom stereocenters. The predicted octanol–water partition coefficient (Wildman–Crippen LogP) is 4.37. The molecule has 1 amide bonds. The maximum atomic E-state index is 12.6. The van der Waals surface area contributed by atoms with E-state index in [1.807, 2.05) is 41.2 Å². The van der Waals surface area contributed by atoms with Crippen molar-refractivity contribution in [3.8, 4) is 11.4 Å². The van der Waals surface area contributed by atoms with Gasteiger partial charge in [-0.3, -0.25) is 14.9 Å². The average Bonchev–Trinajstić information content (AvgIpc) is 3.40. The zero-order chi connectivity index (χ0) is 23.9. The van der Waals surface area contributed by atoms with Crippen molar-refractivity contribution in [2.45, 2.75) is 0 Å². The number of nitrogens with zero attached hydrogens (tertiary/aromatic N) is 3. The number of nitro benzene ring substituents is 1. The summed E-state index contributed by atoms with van der Waals surface area (Å²) in [7, 11) is 0. The molecule has 0 aliphatic heterocycles. The van der Waals surface area contributed by atoms with Crippen molar-refractivity contribution in [2.24, 2.45) is 5.10 Å². The first-order valence-corrected chi connectivity index (χ1v) is 10.1. The first-order valence-electron chi connectivity index (χ1n) is 10.1. The Morgan fingerprint density at radius 1 is 0.941 bits per heavy atom. The van der Waals surface area contributed by atoms with E-state index < -0.39 is 10.9 Å². The first-order chi connectivity index (χ1) is 16.5. The number of hydrogen-bond donors (Lipinski definition) is 1. The van der Waals surface area contributed by atoms with E-state index in [1.165, 1.54) is 24.4 Å². The summed E-state index contributed by atoms with van der Waals surface area (Å²) in [5.41, 5.74) is 4.25. The second-order valence-electron chi connectivity index (χ2n) is 7.07. The molecule has 168 valence electrons. The molecule has 0 aliphatic rings. The maximum absolute atomic E-state index is 12.6. The number of carbonyl (C=O) groups is 2. The highest BCUT2D eigenvalue weighted by Crippen LogP contribution is 2.17. The van der Waals surface area contributed by atoms with Gasteiger partial charge in [0.25, 0.3) is 11.6 Å². The van der Waals surface area contributed by atoms with E-state index in [2.05, 4.69) is 10.5 Å². The van der Waals surface area contributed by atoms with Crippen molar-refractivity contribution in [1.29, 1.82) is 0 Å². The van der Waals surface area contributed by atoms with Crippen molar-refractivity contribution in [2.75, 3.05) is 0 Å². The first kappa shape index (κ1) is 22.2. The van der Waals surface area contributed by atoms with Crippen LogP contribution in [0.25, 0.3) is 5.69 Å². The monoisotopic (exact) mass is 454 g/mol. The Morgan fingerprint density at radius 2 is 1.68 bits per heavy atom. The molecule has 34 heavy (non-hydrogen) atoms. The predicted molar refractivity (Wildman–Crippen MR) is 125 cm³/mol. The van der Waals surface area contributed by atoms with Gasteiger partial charge in [-0.05, 0) is 60.2 Å². The quantitative estimate of drug-likeness (QED) is 0.146. The van der Waals surface area contributed by atoms with Crippen LogP contribution in [0.1, 0.15) is 26.3 Å². The molecule has 1 heterocycles. The largest absolute Gasteiger partial charge is 0.423 e. The highest BCUT2D eigenvalue weighted by molar-refractivity contribution is 5.98. The number of rotatable bonds is 7. The van der Waals surface area contributed by atoms with Gasteiger partial charge in [-0.1, -0.05) is 18.2 Å². The number of carbonyl (C=O) groups excluding carboxylic acids is 2. The van der Waals surface area contributed by atoms with Crippen LogP contribution in [0.3, 0.4) is 0 Å². The van der Waals surface area contributed by atoms with Gasteiger partial charge in [-0.2, -0.15) is 5.10 Å². The van der Waals surface area contributed by atoms with Crippen molar-refractivity contribution >= 4 is 23.8 Å². The molecule has 9 nitrogen and oxygen atoms in total. The number of hydrogen-bond acceptors (Lipinski definition) is 6. The van der Waals surface area contributed by atoms with Crippen LogP contribution in [-0.2, 0) is 0 Å². The number of benzene rings is 3. The van der Waals surface area contributed by atoms with Crippen LogP contribution in [-0.4, -0.2) is 27.6 Å². The molecule has 4 rings (SSSR count). The molecule has 1 aromatic heterocycles. The summed E-state index contributed by atoms with van der Waals surface area (Å²) in [6.07, 6.45) is 5.16. The lowest BCUT2D eigenvalue weighted by Gasteiger charge is -2.09. The van der Waals surface area contributed by atoms with Gasteiger partial charge in [0.05, 0.1) is 28.0 Å². The summed E-state index contributed by atoms with van der Waals surface area (Å²) < 4.78 is 7.10. The summed E-state index contributed by atoms with van der Waals surface area (Å²) in [6, 6.07) is 22.6. The summed E-state index contributed by atoms with van der Waals surface area (Å²) >= 11 is 0. The van der Waals surface area contributed by atoms with Crippen molar-refractivity contribution < 1.29 is 19.2 Å². The van der Waals surface area contributed by atoms with Gasteiger partial charge in [-0.25, -0.2) is 10.2 Å². The van der Waals surface area contributed by atoms with Crippen LogP contribution >= 0.6 is 0 Å². The van der Waals surface area contributed by atoms with Gasteiger partial charge in [0.15, 0.2) is 0 Å². The Labute approximate surface area is 194 Å². The molecule has 3 aromatic carbocycles. The lowest BCUT2D eigenvalue weighted by atomic mass is 10.1. The third kappa shape index (κ3) is 5.22. The Morgan fingerprint density at radius 3 is 2.41 bits per heavy atom. The molecule has 0 aliphatic carbocycles. The number of nitro groups is 1. The standard InChI is InChI=1S/C25H18N4O5/c30-24(22-8-1-2-9-23(22)28-14-3-4-15-28)27-26-17-18-10-12-21(13-11-18)34-25(31)19-6-5-7-20(16-19)29(32)33/h1-17H,(H,27,30). The second-order valence-corrected chi connectivity index (χ2v) is 7.07. The van der Waals surface area contributed by atoms with Crippen molar-refractivity contribution in [3.63, 3.8) is 0 Å². The van der Waals surface area contributed by atoms with E-state index in [0.29, 0.717) is 11.1 Å². The van der Waals surface area contributed by atoms with Crippen molar-refractivity contribution in [1.82, 2.24) is 9.99 Å². The van der Waals surface area contributed by atoms with Crippen LogP contribution in [0.15, 0.2) is 102 Å². The number of ether oxygens (including phenoxy) is 1. The third-order valence-corrected chi connectivity index (χ3v) is 4.79. The highest BCUT2D eigenvalue weighted by atomic mass is 16.6. The Kier molecular flexibility index (Phi) is 6.55. The van der Waals surface area contributed by atoms with Gasteiger partial charge in [0.1, 0.15) is 5.75 Å². The maximum Gasteiger partial charge on any atom is 0.343 e. The minimum absolute atomic E-state index is 0.0720. The number of para-hydroxylation sites is 1. The smallest absolute Gasteiger partial charge is 0.343 e. The Bertz CT molecular complexity index is 1360. The van der Waals surface area contributed by atoms with Gasteiger partial charge in [0, 0.05) is 24.5 Å². The van der Waals surface area contributed by atoms with Gasteiger partial charge >= 0.3 is 5.97 Å². The zero-order valence-electron chi connectivity index (χ0n) is 17.7. The Hall–Kier alpha value is -5.05. The normalized spacial score (nSPS) is 10.7. The molecule has 9 heteroatoms. The summed E-state index contributed by atoms with van der Waals surface area (Å²) in [4.78, 5) is 35.1. The summed E-state index contributed by atoms with van der Waals surface area (Å²) in [5, 5.41) is 14.9. The van der Waals surface area contributed by atoms with E-state index >= 15 is 0 Å². The van der Waals surface area contributed by atoms with Crippen LogP contribution in [0, 0.1) is 10.1 Å². The number of aromatic nitrogens is 1.